The Labute approximate surface area is 61.5 Å². The van der Waals surface area contributed by atoms with Crippen molar-refractivity contribution < 1.29 is 4.79 Å². The van der Waals surface area contributed by atoms with E-state index in [1.165, 1.54) is 5.57 Å². The molecular formula is C8H13NO. The summed E-state index contributed by atoms with van der Waals surface area (Å²) in [5, 5.41) is 0. The number of hydrogen-bond donors (Lipinski definition) is 0. The highest BCUT2D eigenvalue weighted by molar-refractivity contribution is 5.82. The van der Waals surface area contributed by atoms with Crippen molar-refractivity contribution in [2.24, 2.45) is 0 Å². The summed E-state index contributed by atoms with van der Waals surface area (Å²) in [7, 11) is 1.81. The SMILES string of the molecule is CCCC1=CN(C)C(=O)C1. The van der Waals surface area contributed by atoms with Crippen molar-refractivity contribution in [1.29, 1.82) is 0 Å². The number of amides is 1. The minimum atomic E-state index is 0.225. The van der Waals surface area contributed by atoms with Crippen LogP contribution in [-0.2, 0) is 4.79 Å². The third-order valence-electron chi connectivity index (χ3n) is 1.72. The van der Waals surface area contributed by atoms with Gasteiger partial charge in [0.1, 0.15) is 0 Å². The first-order valence-electron chi connectivity index (χ1n) is 3.69. The van der Waals surface area contributed by atoms with Gasteiger partial charge < -0.3 is 4.90 Å². The van der Waals surface area contributed by atoms with Gasteiger partial charge in [-0.05, 0) is 12.0 Å². The summed E-state index contributed by atoms with van der Waals surface area (Å²) >= 11 is 0. The lowest BCUT2D eigenvalue weighted by atomic mass is 10.1. The average Bonchev–Trinajstić information content (AvgIpc) is 2.14. The van der Waals surface area contributed by atoms with Gasteiger partial charge in [0.15, 0.2) is 0 Å². The summed E-state index contributed by atoms with van der Waals surface area (Å²) in [6.07, 6.45) is 4.79. The van der Waals surface area contributed by atoms with Gasteiger partial charge >= 0.3 is 0 Å². The van der Waals surface area contributed by atoms with Crippen LogP contribution in [0.25, 0.3) is 0 Å². The van der Waals surface area contributed by atoms with E-state index in [4.69, 9.17) is 0 Å². The van der Waals surface area contributed by atoms with E-state index >= 15 is 0 Å². The molecule has 2 nitrogen and oxygen atoms in total. The molecule has 0 aliphatic carbocycles. The molecule has 0 saturated carbocycles. The Morgan fingerprint density at radius 1 is 1.70 bits per heavy atom. The predicted octanol–water partition coefficient (Wildman–Crippen LogP) is 1.53. The molecule has 1 aliphatic rings. The van der Waals surface area contributed by atoms with Gasteiger partial charge in [-0.3, -0.25) is 4.79 Å². The highest BCUT2D eigenvalue weighted by Gasteiger charge is 2.16. The molecule has 1 amide bonds. The molecule has 1 heterocycles. The summed E-state index contributed by atoms with van der Waals surface area (Å²) in [6.45, 7) is 2.13. The Kier molecular flexibility index (Phi) is 2.10. The first-order valence-corrected chi connectivity index (χ1v) is 3.69. The highest BCUT2D eigenvalue weighted by atomic mass is 16.2. The topological polar surface area (TPSA) is 20.3 Å². The second-order valence-corrected chi connectivity index (χ2v) is 2.72. The van der Waals surface area contributed by atoms with E-state index in [1.54, 1.807) is 4.90 Å². The van der Waals surface area contributed by atoms with Crippen molar-refractivity contribution in [3.63, 3.8) is 0 Å². The van der Waals surface area contributed by atoms with Gasteiger partial charge in [-0.1, -0.05) is 13.3 Å². The van der Waals surface area contributed by atoms with Gasteiger partial charge in [-0.15, -0.1) is 0 Å². The van der Waals surface area contributed by atoms with Crippen LogP contribution in [0.3, 0.4) is 0 Å². The Bertz CT molecular complexity index is 172. The fraction of sp³-hybridized carbons (Fsp3) is 0.625. The molecule has 0 spiro atoms. The standard InChI is InChI=1S/C8H13NO/c1-3-4-7-5-8(10)9(2)6-7/h6H,3-5H2,1-2H3. The lowest BCUT2D eigenvalue weighted by molar-refractivity contribution is -0.125. The molecule has 0 aromatic carbocycles. The van der Waals surface area contributed by atoms with Crippen molar-refractivity contribution in [1.82, 2.24) is 4.90 Å². The second kappa shape index (κ2) is 2.86. The normalized spacial score (nSPS) is 18.0. The zero-order valence-corrected chi connectivity index (χ0v) is 6.55. The smallest absolute Gasteiger partial charge is 0.230 e. The van der Waals surface area contributed by atoms with Gasteiger partial charge in [0, 0.05) is 19.7 Å². The van der Waals surface area contributed by atoms with Crippen LogP contribution in [0.1, 0.15) is 26.2 Å². The van der Waals surface area contributed by atoms with Crippen LogP contribution in [0.5, 0.6) is 0 Å². The molecular weight excluding hydrogens is 126 g/mol. The molecule has 0 N–H and O–H groups in total. The molecule has 1 aliphatic heterocycles. The molecule has 0 unspecified atom stereocenters. The molecule has 0 radical (unpaired) electrons. The fourth-order valence-corrected chi connectivity index (χ4v) is 1.18. The van der Waals surface area contributed by atoms with E-state index in [9.17, 15) is 4.79 Å². The van der Waals surface area contributed by atoms with E-state index in [0.29, 0.717) is 6.42 Å². The maximum atomic E-state index is 10.9. The largest absolute Gasteiger partial charge is 0.322 e. The zero-order valence-electron chi connectivity index (χ0n) is 6.55. The highest BCUT2D eigenvalue weighted by Crippen LogP contribution is 2.17. The first kappa shape index (κ1) is 7.32. The maximum Gasteiger partial charge on any atom is 0.230 e. The van der Waals surface area contributed by atoms with E-state index in [2.05, 4.69) is 6.92 Å². The Hall–Kier alpha value is -0.790. The summed E-state index contributed by atoms with van der Waals surface area (Å²) in [4.78, 5) is 12.6. The maximum absolute atomic E-state index is 10.9. The van der Waals surface area contributed by atoms with Crippen LogP contribution in [0, 0.1) is 0 Å². The Morgan fingerprint density at radius 2 is 2.40 bits per heavy atom. The second-order valence-electron chi connectivity index (χ2n) is 2.72. The first-order chi connectivity index (χ1) is 4.74. The van der Waals surface area contributed by atoms with Gasteiger partial charge in [0.05, 0.1) is 0 Å². The molecule has 10 heavy (non-hydrogen) atoms. The molecule has 0 atom stereocenters. The Morgan fingerprint density at radius 3 is 2.80 bits per heavy atom. The van der Waals surface area contributed by atoms with Crippen molar-refractivity contribution in [3.05, 3.63) is 11.8 Å². The van der Waals surface area contributed by atoms with Gasteiger partial charge in [0.2, 0.25) is 5.91 Å². The van der Waals surface area contributed by atoms with Gasteiger partial charge in [-0.2, -0.15) is 0 Å². The number of nitrogens with zero attached hydrogens (tertiary/aromatic N) is 1. The molecule has 0 aromatic heterocycles. The van der Waals surface area contributed by atoms with Crippen molar-refractivity contribution in [3.8, 4) is 0 Å². The quantitative estimate of drug-likeness (QED) is 0.568. The monoisotopic (exact) mass is 139 g/mol. The van der Waals surface area contributed by atoms with Crippen LogP contribution >= 0.6 is 0 Å². The molecule has 1 rings (SSSR count). The fourth-order valence-electron chi connectivity index (χ4n) is 1.18. The minimum absolute atomic E-state index is 0.225. The number of hydrogen-bond acceptors (Lipinski definition) is 1. The summed E-state index contributed by atoms with van der Waals surface area (Å²) < 4.78 is 0. The van der Waals surface area contributed by atoms with E-state index in [1.807, 2.05) is 13.2 Å². The number of carbonyl (C=O) groups excluding carboxylic acids is 1. The van der Waals surface area contributed by atoms with Gasteiger partial charge in [0.25, 0.3) is 0 Å². The van der Waals surface area contributed by atoms with Crippen LogP contribution in [0.4, 0.5) is 0 Å². The zero-order chi connectivity index (χ0) is 7.56. The Balaban J connectivity index is 2.50. The summed E-state index contributed by atoms with van der Waals surface area (Å²) in [6, 6.07) is 0. The summed E-state index contributed by atoms with van der Waals surface area (Å²) in [5.74, 6) is 0.225. The average molecular weight is 139 g/mol. The van der Waals surface area contributed by atoms with Crippen LogP contribution < -0.4 is 0 Å². The molecule has 0 fully saturated rings. The van der Waals surface area contributed by atoms with Crippen LogP contribution in [0.15, 0.2) is 11.8 Å². The van der Waals surface area contributed by atoms with Crippen LogP contribution in [0.2, 0.25) is 0 Å². The lowest BCUT2D eigenvalue weighted by Crippen LogP contribution is -2.13. The van der Waals surface area contributed by atoms with E-state index in [-0.39, 0.29) is 5.91 Å². The minimum Gasteiger partial charge on any atom is -0.322 e. The third kappa shape index (κ3) is 1.38. The predicted molar refractivity (Wildman–Crippen MR) is 40.4 cm³/mol. The molecule has 0 aromatic rings. The summed E-state index contributed by atoms with van der Waals surface area (Å²) in [5.41, 5.74) is 1.27. The molecule has 2 heteroatoms. The third-order valence-corrected chi connectivity index (χ3v) is 1.72. The van der Waals surface area contributed by atoms with Crippen molar-refractivity contribution in [2.75, 3.05) is 7.05 Å². The number of carbonyl (C=O) groups is 1. The van der Waals surface area contributed by atoms with Crippen molar-refractivity contribution >= 4 is 5.91 Å². The van der Waals surface area contributed by atoms with Crippen molar-refractivity contribution in [2.45, 2.75) is 26.2 Å². The number of rotatable bonds is 2. The lowest BCUT2D eigenvalue weighted by Gasteiger charge is -2.00. The van der Waals surface area contributed by atoms with Crippen LogP contribution in [-0.4, -0.2) is 17.9 Å². The van der Waals surface area contributed by atoms with E-state index in [0.717, 1.165) is 12.8 Å². The molecule has 0 saturated heterocycles. The van der Waals surface area contributed by atoms with E-state index < -0.39 is 0 Å². The molecule has 56 valence electrons. The van der Waals surface area contributed by atoms with Gasteiger partial charge in [-0.25, -0.2) is 0 Å². The molecule has 0 bridgehead atoms.